The van der Waals surface area contributed by atoms with E-state index in [-0.39, 0.29) is 11.6 Å². The van der Waals surface area contributed by atoms with Crippen LogP contribution in [0.25, 0.3) is 0 Å². The highest BCUT2D eigenvalue weighted by Crippen LogP contribution is 2.36. The zero-order valence-corrected chi connectivity index (χ0v) is 47.6. The molecule has 0 spiro atoms. The summed E-state index contributed by atoms with van der Waals surface area (Å²) in [6, 6.07) is 40.6. The normalized spacial score (nSPS) is 13.2. The molecule has 0 unspecified atom stereocenters. The zero-order valence-electron chi connectivity index (χ0n) is 46.9. The van der Waals surface area contributed by atoms with Gasteiger partial charge in [-0.2, -0.15) is 0 Å². The topological polar surface area (TPSA) is 0 Å². The average Bonchev–Trinajstić information content (AvgIpc) is 3.46. The van der Waals surface area contributed by atoms with E-state index < -0.39 is 0 Å². The van der Waals surface area contributed by atoms with Gasteiger partial charge in [-0.05, 0) is 194 Å². The van der Waals surface area contributed by atoms with Crippen molar-refractivity contribution >= 4 is 11.6 Å². The molecule has 0 aromatic heterocycles. The summed E-state index contributed by atoms with van der Waals surface area (Å²) in [5, 5.41) is 0.827. The van der Waals surface area contributed by atoms with Gasteiger partial charge in [0.25, 0.3) is 0 Å². The van der Waals surface area contributed by atoms with Gasteiger partial charge in [-0.3, -0.25) is 0 Å². The lowest BCUT2D eigenvalue weighted by molar-refractivity contribution is 0.443. The first-order valence-corrected chi connectivity index (χ1v) is 29.8. The van der Waals surface area contributed by atoms with Gasteiger partial charge in [0.15, 0.2) is 0 Å². The van der Waals surface area contributed by atoms with Crippen molar-refractivity contribution in [3.8, 4) is 47.9 Å². The first-order chi connectivity index (χ1) is 37.7. The van der Waals surface area contributed by atoms with E-state index in [0.717, 1.165) is 82.5 Å². The molecule has 0 saturated heterocycles. The highest BCUT2D eigenvalue weighted by Gasteiger charge is 2.20. The number of unbranched alkanes of at least 4 members (excludes halogenated alkanes) is 6. The van der Waals surface area contributed by atoms with Crippen LogP contribution in [0.3, 0.4) is 0 Å². The minimum atomic E-state index is -0.288. The quantitative estimate of drug-likeness (QED) is 0.0669. The number of benzene rings is 6. The summed E-state index contributed by atoms with van der Waals surface area (Å²) < 4.78 is 27.8. The van der Waals surface area contributed by atoms with Crippen LogP contribution in [0, 0.1) is 59.5 Å². The molecule has 8 rings (SSSR count). The number of hydrogen-bond donors (Lipinski definition) is 0. The first kappa shape index (κ1) is 59.9. The van der Waals surface area contributed by atoms with E-state index in [1.807, 2.05) is 30.3 Å². The lowest BCUT2D eigenvalue weighted by atomic mass is 9.81. The van der Waals surface area contributed by atoms with E-state index in [1.54, 1.807) is 12.1 Å². The molecule has 0 amide bonds. The Balaban J connectivity index is 0.000000213. The molecule has 0 atom stereocenters. The standard InChI is InChI=1S/C37H41F.C26H31Cl.C11H11F/c1-3-5-6-8-12-31-21-25-35(37(38)28-31)26-22-32-20-24-34(36(27-32)33-13-9-7-10-14-33)23-19-30-17-15-29(11-4-2)16-18-30;1-2-3-4-6-9-21-12-14-22(15-13-21)16-17-24-18-19-25(27)20-26(24)23-10-7-5-8-11-23;1-3-5-9-6-7-10(4-2)11(12)8-9/h15-18,20-21,24-25,27-28,33H,3-14H2,1-2H3;12-15,18-20,23H,2-11H2,1H3;2,6-8H,3,5H2,1H3. The molecule has 6 aromatic rings. The Morgan fingerprint density at radius 2 is 0.792 bits per heavy atom. The van der Waals surface area contributed by atoms with Crippen molar-refractivity contribution in [3.05, 3.63) is 210 Å². The largest absolute Gasteiger partial charge is 0.206 e. The Hall–Kier alpha value is -6.29. The second-order valence-electron chi connectivity index (χ2n) is 21.2. The summed E-state index contributed by atoms with van der Waals surface area (Å²) in [4.78, 5) is 0. The van der Waals surface area contributed by atoms with Gasteiger partial charge in [-0.1, -0.05) is 207 Å². The summed E-state index contributed by atoms with van der Waals surface area (Å²) in [6.07, 6.45) is 34.2. The van der Waals surface area contributed by atoms with Crippen LogP contribution in [0.1, 0.15) is 240 Å². The van der Waals surface area contributed by atoms with Crippen LogP contribution in [-0.4, -0.2) is 0 Å². The molecular formula is C74H83ClF2. The molecule has 6 aromatic carbocycles. The highest BCUT2D eigenvalue weighted by atomic mass is 35.5. The minimum absolute atomic E-state index is 0.217. The van der Waals surface area contributed by atoms with Crippen LogP contribution in [0.5, 0.6) is 0 Å². The fourth-order valence-electron chi connectivity index (χ4n) is 10.6. The lowest BCUT2D eigenvalue weighted by Gasteiger charge is -2.23. The third-order valence-electron chi connectivity index (χ3n) is 15.0. The molecule has 2 aliphatic carbocycles. The number of halogens is 3. The van der Waals surface area contributed by atoms with Gasteiger partial charge in [0.1, 0.15) is 11.6 Å². The van der Waals surface area contributed by atoms with Crippen molar-refractivity contribution in [2.45, 2.75) is 194 Å². The second-order valence-corrected chi connectivity index (χ2v) is 21.7. The summed E-state index contributed by atoms with van der Waals surface area (Å²) in [5.74, 6) is 22.9. The fraction of sp³-hybridized carbons (Fsp3) is 0.405. The van der Waals surface area contributed by atoms with Gasteiger partial charge < -0.3 is 0 Å². The van der Waals surface area contributed by atoms with Crippen molar-refractivity contribution in [2.75, 3.05) is 0 Å². The van der Waals surface area contributed by atoms with Crippen LogP contribution in [0.4, 0.5) is 8.78 Å². The molecule has 0 bridgehead atoms. The molecule has 0 N–H and O–H groups in total. The van der Waals surface area contributed by atoms with Crippen LogP contribution < -0.4 is 0 Å². The van der Waals surface area contributed by atoms with Crippen LogP contribution in [0.2, 0.25) is 5.02 Å². The van der Waals surface area contributed by atoms with Crippen LogP contribution in [-0.2, 0) is 25.7 Å². The van der Waals surface area contributed by atoms with Gasteiger partial charge in [-0.25, -0.2) is 8.78 Å². The highest BCUT2D eigenvalue weighted by molar-refractivity contribution is 6.30. The predicted molar refractivity (Wildman–Crippen MR) is 325 cm³/mol. The summed E-state index contributed by atoms with van der Waals surface area (Å²) in [6.45, 7) is 8.73. The molecule has 0 radical (unpaired) electrons. The van der Waals surface area contributed by atoms with Gasteiger partial charge >= 0.3 is 0 Å². The number of rotatable bonds is 16. The third kappa shape index (κ3) is 20.5. The van der Waals surface area contributed by atoms with Gasteiger partial charge in [0.2, 0.25) is 0 Å². The maximum absolute atomic E-state index is 14.8. The Kier molecular flexibility index (Phi) is 26.3. The molecule has 3 heteroatoms. The first-order valence-electron chi connectivity index (χ1n) is 29.4. The van der Waals surface area contributed by atoms with E-state index in [4.69, 9.17) is 18.0 Å². The molecule has 2 fully saturated rings. The lowest BCUT2D eigenvalue weighted by Crippen LogP contribution is -2.07. The van der Waals surface area contributed by atoms with E-state index in [2.05, 4.69) is 142 Å². The van der Waals surface area contributed by atoms with Crippen LogP contribution >= 0.6 is 11.6 Å². The fourth-order valence-corrected chi connectivity index (χ4v) is 10.7. The number of terminal acetylenes is 1. The van der Waals surface area contributed by atoms with Crippen LogP contribution in [0.15, 0.2) is 121 Å². The van der Waals surface area contributed by atoms with E-state index >= 15 is 0 Å². The molecule has 2 saturated carbocycles. The molecule has 2 aliphatic rings. The predicted octanol–water partition coefficient (Wildman–Crippen LogP) is 20.4. The second kappa shape index (κ2) is 33.8. The Morgan fingerprint density at radius 3 is 1.30 bits per heavy atom. The molecule has 0 nitrogen and oxygen atoms in total. The smallest absolute Gasteiger partial charge is 0.139 e. The molecule has 0 aliphatic heterocycles. The Morgan fingerprint density at radius 1 is 0.390 bits per heavy atom. The van der Waals surface area contributed by atoms with Gasteiger partial charge in [-0.15, -0.1) is 6.42 Å². The maximum atomic E-state index is 14.8. The molecule has 77 heavy (non-hydrogen) atoms. The minimum Gasteiger partial charge on any atom is -0.206 e. The summed E-state index contributed by atoms with van der Waals surface area (Å²) >= 11 is 6.28. The maximum Gasteiger partial charge on any atom is 0.139 e. The average molecular weight is 1050 g/mol. The number of aryl methyl sites for hydroxylation is 4. The van der Waals surface area contributed by atoms with Crippen molar-refractivity contribution in [2.24, 2.45) is 0 Å². The van der Waals surface area contributed by atoms with Crippen molar-refractivity contribution in [1.29, 1.82) is 0 Å². The van der Waals surface area contributed by atoms with E-state index in [9.17, 15) is 8.78 Å². The van der Waals surface area contributed by atoms with Crippen molar-refractivity contribution in [1.82, 2.24) is 0 Å². The Labute approximate surface area is 469 Å². The molecule has 0 heterocycles. The van der Waals surface area contributed by atoms with Gasteiger partial charge in [0, 0.05) is 32.8 Å². The van der Waals surface area contributed by atoms with Crippen molar-refractivity contribution in [3.63, 3.8) is 0 Å². The van der Waals surface area contributed by atoms with E-state index in [1.165, 1.54) is 144 Å². The molecular weight excluding hydrogens is 962 g/mol. The zero-order chi connectivity index (χ0) is 54.5. The monoisotopic (exact) mass is 1040 g/mol. The Bertz CT molecular complexity index is 2980. The van der Waals surface area contributed by atoms with Gasteiger partial charge in [0.05, 0.1) is 11.1 Å². The summed E-state index contributed by atoms with van der Waals surface area (Å²) in [5.41, 5.74) is 13.6. The SMILES string of the molecule is C#Cc1ccc(CCC)cc1F.CCCCCCc1ccc(C#Cc2ccc(C#Cc3ccc(CCC)cc3)c(C3CCCCC3)c2)c(F)c1.CCCCCCc1ccc(C#Cc2ccc(Cl)cc2C2CCCCC2)cc1. The number of hydrogen-bond acceptors (Lipinski definition) is 0. The van der Waals surface area contributed by atoms with Crippen molar-refractivity contribution < 1.29 is 8.78 Å². The third-order valence-corrected chi connectivity index (χ3v) is 15.3. The molecule has 400 valence electrons. The van der Waals surface area contributed by atoms with E-state index in [0.29, 0.717) is 23.0 Å². The summed E-state index contributed by atoms with van der Waals surface area (Å²) in [7, 11) is 0.